The third-order valence-corrected chi connectivity index (χ3v) is 2.56. The predicted molar refractivity (Wildman–Crippen MR) is 63.6 cm³/mol. The number of halogens is 1. The summed E-state index contributed by atoms with van der Waals surface area (Å²) in [5.41, 5.74) is 2.12. The minimum absolute atomic E-state index is 0.419. The average Bonchev–Trinajstić information content (AvgIpc) is 2.61. The van der Waals surface area contributed by atoms with Gasteiger partial charge in [0.05, 0.1) is 0 Å². The normalized spacial score (nSPS) is 13.3. The van der Waals surface area contributed by atoms with E-state index >= 15 is 0 Å². The van der Waals surface area contributed by atoms with E-state index in [1.165, 1.54) is 6.92 Å². The number of alkyl halides is 1. The van der Waals surface area contributed by atoms with Crippen molar-refractivity contribution in [3.05, 3.63) is 30.0 Å². The van der Waals surface area contributed by atoms with E-state index in [9.17, 15) is 4.39 Å². The van der Waals surface area contributed by atoms with Gasteiger partial charge in [-0.2, -0.15) is 0 Å². The molecule has 16 heavy (non-hydrogen) atoms. The number of ether oxygens (including phenoxy) is 1. The second-order valence-electron chi connectivity index (χ2n) is 4.26. The maximum Gasteiger partial charge on any atom is 0.235 e. The van der Waals surface area contributed by atoms with Crippen molar-refractivity contribution in [1.82, 2.24) is 4.98 Å². The predicted octanol–water partition coefficient (Wildman–Crippen LogP) is 3.99. The minimum Gasteiger partial charge on any atom is -0.460 e. The molecule has 2 nitrogen and oxygen atoms in total. The smallest absolute Gasteiger partial charge is 0.235 e. The van der Waals surface area contributed by atoms with Crippen molar-refractivity contribution < 1.29 is 9.13 Å². The van der Waals surface area contributed by atoms with Crippen LogP contribution in [0.4, 0.5) is 4.39 Å². The molecule has 0 fully saturated rings. The van der Waals surface area contributed by atoms with E-state index in [0.29, 0.717) is 11.7 Å². The summed E-state index contributed by atoms with van der Waals surface area (Å²) in [4.78, 5) is 3.31. The van der Waals surface area contributed by atoms with Crippen LogP contribution in [0.15, 0.2) is 24.3 Å². The number of hydrogen-bond donors (Lipinski definition) is 1. The first kappa shape index (κ1) is 11.0. The Morgan fingerprint density at radius 2 is 2.00 bits per heavy atom. The molecule has 0 aliphatic carbocycles. The number of aromatic amines is 1. The zero-order valence-electron chi connectivity index (χ0n) is 9.75. The van der Waals surface area contributed by atoms with Crippen molar-refractivity contribution in [1.29, 1.82) is 0 Å². The lowest BCUT2D eigenvalue weighted by atomic mass is 10.1. The zero-order chi connectivity index (χ0) is 11.7. The third kappa shape index (κ3) is 2.03. The molecule has 86 valence electrons. The van der Waals surface area contributed by atoms with Crippen molar-refractivity contribution >= 4 is 10.9 Å². The number of benzene rings is 1. The lowest BCUT2D eigenvalue weighted by Crippen LogP contribution is -2.03. The molecule has 0 saturated heterocycles. The Kier molecular flexibility index (Phi) is 2.86. The van der Waals surface area contributed by atoms with Gasteiger partial charge in [0.1, 0.15) is 5.75 Å². The van der Waals surface area contributed by atoms with Crippen molar-refractivity contribution in [3.63, 3.8) is 0 Å². The van der Waals surface area contributed by atoms with Gasteiger partial charge in [0.15, 0.2) is 0 Å². The van der Waals surface area contributed by atoms with Gasteiger partial charge in [-0.05, 0) is 24.1 Å². The van der Waals surface area contributed by atoms with Crippen LogP contribution in [0.1, 0.15) is 32.4 Å². The minimum atomic E-state index is -1.29. The van der Waals surface area contributed by atoms with Gasteiger partial charge >= 0.3 is 0 Å². The summed E-state index contributed by atoms with van der Waals surface area (Å²) in [6.07, 6.45) is -1.29. The van der Waals surface area contributed by atoms with Gasteiger partial charge < -0.3 is 9.72 Å². The molecule has 0 radical (unpaired) electrons. The topological polar surface area (TPSA) is 25.0 Å². The molecule has 1 heterocycles. The summed E-state index contributed by atoms with van der Waals surface area (Å²) < 4.78 is 18.0. The van der Waals surface area contributed by atoms with Crippen LogP contribution in [0.25, 0.3) is 10.9 Å². The van der Waals surface area contributed by atoms with Gasteiger partial charge in [-0.15, -0.1) is 0 Å². The quantitative estimate of drug-likeness (QED) is 0.833. The molecule has 0 aliphatic heterocycles. The molecule has 1 atom stereocenters. The van der Waals surface area contributed by atoms with Crippen LogP contribution < -0.4 is 4.74 Å². The van der Waals surface area contributed by atoms with E-state index in [4.69, 9.17) is 4.74 Å². The molecular weight excluding hydrogens is 205 g/mol. The molecular formula is C13H16FNO. The van der Waals surface area contributed by atoms with Crippen molar-refractivity contribution in [2.45, 2.75) is 33.0 Å². The van der Waals surface area contributed by atoms with Crippen molar-refractivity contribution in [2.75, 3.05) is 0 Å². The van der Waals surface area contributed by atoms with Gasteiger partial charge in [0.2, 0.25) is 6.36 Å². The van der Waals surface area contributed by atoms with E-state index in [1.54, 1.807) is 6.07 Å². The first-order valence-corrected chi connectivity index (χ1v) is 5.50. The summed E-state index contributed by atoms with van der Waals surface area (Å²) in [5.74, 6) is 1.01. The second kappa shape index (κ2) is 4.16. The number of aromatic nitrogens is 1. The van der Waals surface area contributed by atoms with Crippen LogP contribution in [-0.4, -0.2) is 11.3 Å². The number of rotatable bonds is 3. The third-order valence-electron chi connectivity index (χ3n) is 2.56. The van der Waals surface area contributed by atoms with Gasteiger partial charge in [0.25, 0.3) is 0 Å². The lowest BCUT2D eigenvalue weighted by Gasteiger charge is -2.07. The summed E-state index contributed by atoms with van der Waals surface area (Å²) in [7, 11) is 0. The highest BCUT2D eigenvalue weighted by molar-refractivity contribution is 5.86. The van der Waals surface area contributed by atoms with Crippen molar-refractivity contribution in [2.24, 2.45) is 0 Å². The maximum atomic E-state index is 12.8. The molecule has 0 amide bonds. The van der Waals surface area contributed by atoms with Crippen LogP contribution in [0, 0.1) is 0 Å². The highest BCUT2D eigenvalue weighted by Gasteiger charge is 2.10. The molecule has 2 aromatic rings. The number of hydrogen-bond acceptors (Lipinski definition) is 1. The monoisotopic (exact) mass is 221 g/mol. The molecule has 1 aromatic carbocycles. The van der Waals surface area contributed by atoms with Gasteiger partial charge in [-0.25, -0.2) is 4.39 Å². The fourth-order valence-corrected chi connectivity index (χ4v) is 1.74. The Morgan fingerprint density at radius 3 is 2.62 bits per heavy atom. The van der Waals surface area contributed by atoms with Crippen LogP contribution in [0.3, 0.4) is 0 Å². The SMILES string of the molecule is CC(F)Oc1cccc2[nH]c(C(C)C)cc12. The number of H-pyrrole nitrogens is 1. The molecule has 0 saturated carbocycles. The highest BCUT2D eigenvalue weighted by Crippen LogP contribution is 2.29. The summed E-state index contributed by atoms with van der Waals surface area (Å²) in [6, 6.07) is 7.64. The maximum absolute atomic E-state index is 12.8. The Balaban J connectivity index is 2.50. The van der Waals surface area contributed by atoms with Crippen molar-refractivity contribution in [3.8, 4) is 5.75 Å². The molecule has 1 aromatic heterocycles. The molecule has 0 aliphatic rings. The molecule has 1 unspecified atom stereocenters. The van der Waals surface area contributed by atoms with Crippen LogP contribution in [-0.2, 0) is 0 Å². The zero-order valence-corrected chi connectivity index (χ0v) is 9.75. The Hall–Kier alpha value is -1.51. The Labute approximate surface area is 94.4 Å². The fraction of sp³-hybridized carbons (Fsp3) is 0.385. The number of fused-ring (bicyclic) bond motifs is 1. The first-order chi connectivity index (χ1) is 7.58. The average molecular weight is 221 g/mol. The molecule has 3 heteroatoms. The first-order valence-electron chi connectivity index (χ1n) is 5.50. The van der Waals surface area contributed by atoms with E-state index < -0.39 is 6.36 Å². The van der Waals surface area contributed by atoms with Crippen LogP contribution in [0.2, 0.25) is 0 Å². The largest absolute Gasteiger partial charge is 0.460 e. The molecule has 0 spiro atoms. The van der Waals surface area contributed by atoms with E-state index in [1.807, 2.05) is 18.2 Å². The van der Waals surface area contributed by atoms with Gasteiger partial charge in [-0.3, -0.25) is 0 Å². The molecule has 2 rings (SSSR count). The Morgan fingerprint density at radius 1 is 1.25 bits per heavy atom. The highest BCUT2D eigenvalue weighted by atomic mass is 19.1. The second-order valence-corrected chi connectivity index (χ2v) is 4.26. The van der Waals surface area contributed by atoms with E-state index in [0.717, 1.165) is 16.6 Å². The van der Waals surface area contributed by atoms with E-state index in [-0.39, 0.29) is 0 Å². The summed E-state index contributed by atoms with van der Waals surface area (Å²) in [5, 5.41) is 0.940. The van der Waals surface area contributed by atoms with Crippen LogP contribution in [0.5, 0.6) is 5.75 Å². The summed E-state index contributed by atoms with van der Waals surface area (Å²) in [6.45, 7) is 5.61. The summed E-state index contributed by atoms with van der Waals surface area (Å²) >= 11 is 0. The Bertz CT molecular complexity index is 488. The fourth-order valence-electron chi connectivity index (χ4n) is 1.74. The van der Waals surface area contributed by atoms with E-state index in [2.05, 4.69) is 18.8 Å². The number of nitrogens with one attached hydrogen (secondary N) is 1. The van der Waals surface area contributed by atoms with Crippen LogP contribution >= 0.6 is 0 Å². The lowest BCUT2D eigenvalue weighted by molar-refractivity contribution is 0.0877. The standard InChI is InChI=1S/C13H16FNO/c1-8(2)12-7-10-11(15-12)5-4-6-13(10)16-9(3)14/h4-9,15H,1-3H3. The molecule has 1 N–H and O–H groups in total. The van der Waals surface area contributed by atoms with Gasteiger partial charge in [-0.1, -0.05) is 19.9 Å². The molecule has 0 bridgehead atoms. The van der Waals surface area contributed by atoms with Gasteiger partial charge in [0, 0.05) is 23.5 Å².